The first-order valence-electron chi connectivity index (χ1n) is 7.16. The molecular formula is C16H15N3O3. The number of allylic oxidation sites excluding steroid dienone is 1. The summed E-state index contributed by atoms with van der Waals surface area (Å²) in [5.41, 5.74) is 0.982. The number of hydrogen-bond acceptors (Lipinski definition) is 4. The quantitative estimate of drug-likeness (QED) is 0.872. The SMILES string of the molecule is COc1ccc2c(c1)=CC(=Cc1c(OC3CC3)[nH][nH]c1=O)N=2. The van der Waals surface area contributed by atoms with Gasteiger partial charge in [-0.05, 0) is 43.2 Å². The number of H-pyrrole nitrogens is 2. The lowest BCUT2D eigenvalue weighted by Crippen LogP contribution is -2.20. The molecule has 0 radical (unpaired) electrons. The highest BCUT2D eigenvalue weighted by Gasteiger charge is 2.25. The van der Waals surface area contributed by atoms with Gasteiger partial charge in [0, 0.05) is 5.22 Å². The van der Waals surface area contributed by atoms with Crippen LogP contribution in [-0.4, -0.2) is 23.4 Å². The van der Waals surface area contributed by atoms with Crippen LogP contribution in [0.1, 0.15) is 18.4 Å². The second-order valence-corrected chi connectivity index (χ2v) is 5.39. The number of fused-ring (bicyclic) bond motifs is 1. The lowest BCUT2D eigenvalue weighted by Gasteiger charge is -2.00. The van der Waals surface area contributed by atoms with E-state index in [1.54, 1.807) is 13.2 Å². The molecule has 1 saturated carbocycles. The Morgan fingerprint density at radius 2 is 2.18 bits per heavy atom. The van der Waals surface area contributed by atoms with Gasteiger partial charge in [-0.25, -0.2) is 4.99 Å². The van der Waals surface area contributed by atoms with Crippen LogP contribution in [0.3, 0.4) is 0 Å². The Morgan fingerprint density at radius 1 is 1.32 bits per heavy atom. The van der Waals surface area contributed by atoms with Crippen molar-refractivity contribution in [3.8, 4) is 11.6 Å². The summed E-state index contributed by atoms with van der Waals surface area (Å²) >= 11 is 0. The monoisotopic (exact) mass is 297 g/mol. The second kappa shape index (κ2) is 4.91. The lowest BCUT2D eigenvalue weighted by molar-refractivity contribution is 0.290. The fourth-order valence-corrected chi connectivity index (χ4v) is 2.36. The van der Waals surface area contributed by atoms with E-state index in [1.165, 1.54) is 0 Å². The molecule has 0 amide bonds. The van der Waals surface area contributed by atoms with Gasteiger partial charge in [-0.15, -0.1) is 0 Å². The topological polar surface area (TPSA) is 79.5 Å². The molecule has 1 aliphatic carbocycles. The van der Waals surface area contributed by atoms with Crippen molar-refractivity contribution in [2.45, 2.75) is 18.9 Å². The van der Waals surface area contributed by atoms with Gasteiger partial charge in [-0.2, -0.15) is 0 Å². The normalized spacial score (nSPS) is 17.8. The van der Waals surface area contributed by atoms with Crippen LogP contribution < -0.4 is 25.6 Å². The molecule has 0 bridgehead atoms. The Morgan fingerprint density at radius 3 is 2.95 bits per heavy atom. The molecule has 0 atom stereocenters. The zero-order valence-electron chi connectivity index (χ0n) is 12.1. The number of rotatable bonds is 4. The first-order chi connectivity index (χ1) is 10.7. The van der Waals surface area contributed by atoms with Crippen molar-refractivity contribution >= 4 is 12.2 Å². The molecule has 1 aromatic carbocycles. The van der Waals surface area contributed by atoms with Gasteiger partial charge < -0.3 is 9.47 Å². The molecule has 2 aliphatic rings. The van der Waals surface area contributed by atoms with Gasteiger partial charge in [-0.3, -0.25) is 15.0 Å². The van der Waals surface area contributed by atoms with Crippen molar-refractivity contribution in [3.63, 3.8) is 0 Å². The van der Waals surface area contributed by atoms with E-state index in [1.807, 2.05) is 24.3 Å². The minimum atomic E-state index is -0.208. The molecule has 112 valence electrons. The number of nitrogens with one attached hydrogen (secondary N) is 2. The Kier molecular flexibility index (Phi) is 2.89. The van der Waals surface area contributed by atoms with Crippen LogP contribution in [0.2, 0.25) is 0 Å². The maximum atomic E-state index is 11.9. The molecule has 0 saturated heterocycles. The van der Waals surface area contributed by atoms with Crippen LogP contribution in [0.4, 0.5) is 0 Å². The van der Waals surface area contributed by atoms with Gasteiger partial charge in [0.1, 0.15) is 17.4 Å². The fourth-order valence-electron chi connectivity index (χ4n) is 2.36. The van der Waals surface area contributed by atoms with Crippen molar-refractivity contribution in [1.29, 1.82) is 0 Å². The lowest BCUT2D eigenvalue weighted by atomic mass is 10.2. The molecule has 1 aliphatic heterocycles. The van der Waals surface area contributed by atoms with Gasteiger partial charge >= 0.3 is 0 Å². The molecule has 6 heteroatoms. The largest absolute Gasteiger partial charge is 0.497 e. The molecule has 1 fully saturated rings. The van der Waals surface area contributed by atoms with Crippen molar-refractivity contribution < 1.29 is 9.47 Å². The first kappa shape index (κ1) is 12.9. The molecule has 1 aromatic heterocycles. The zero-order chi connectivity index (χ0) is 15.1. The van der Waals surface area contributed by atoms with Gasteiger partial charge in [0.25, 0.3) is 5.56 Å². The standard InChI is InChI=1S/C16H15N3O3/c1-21-12-4-5-14-9(7-12)6-10(17-14)8-13-15(20)18-19-16(13)22-11-2-3-11/h4-8,11H,2-3H2,1H3,(H2,18,19,20). The average molecular weight is 297 g/mol. The van der Waals surface area contributed by atoms with Crippen LogP contribution in [0.5, 0.6) is 11.6 Å². The first-order valence-corrected chi connectivity index (χ1v) is 7.16. The summed E-state index contributed by atoms with van der Waals surface area (Å²) in [6.45, 7) is 0. The van der Waals surface area contributed by atoms with E-state index in [4.69, 9.17) is 9.47 Å². The number of benzene rings is 1. The maximum absolute atomic E-state index is 11.9. The van der Waals surface area contributed by atoms with Crippen LogP contribution in [0.25, 0.3) is 12.2 Å². The number of ether oxygens (including phenoxy) is 2. The van der Waals surface area contributed by atoms with Crippen LogP contribution in [-0.2, 0) is 0 Å². The summed E-state index contributed by atoms with van der Waals surface area (Å²) in [7, 11) is 1.63. The highest BCUT2D eigenvalue weighted by Crippen LogP contribution is 2.27. The third-order valence-corrected chi connectivity index (χ3v) is 3.67. The van der Waals surface area contributed by atoms with E-state index in [-0.39, 0.29) is 11.7 Å². The van der Waals surface area contributed by atoms with E-state index < -0.39 is 0 Å². The van der Waals surface area contributed by atoms with Crippen molar-refractivity contribution in [3.05, 3.63) is 50.4 Å². The van der Waals surface area contributed by atoms with Gasteiger partial charge in [0.15, 0.2) is 0 Å². The molecule has 2 N–H and O–H groups in total. The van der Waals surface area contributed by atoms with E-state index in [0.29, 0.717) is 17.1 Å². The number of aromatic nitrogens is 2. The molecule has 2 heterocycles. The summed E-state index contributed by atoms with van der Waals surface area (Å²) in [6.07, 6.45) is 5.94. The number of aromatic amines is 2. The Balaban J connectivity index is 1.73. The predicted molar refractivity (Wildman–Crippen MR) is 81.3 cm³/mol. The molecule has 2 aromatic rings. The third-order valence-electron chi connectivity index (χ3n) is 3.67. The summed E-state index contributed by atoms with van der Waals surface area (Å²) in [4.78, 5) is 16.4. The number of methoxy groups -OCH3 is 1. The van der Waals surface area contributed by atoms with Crippen LogP contribution >= 0.6 is 0 Å². The summed E-state index contributed by atoms with van der Waals surface area (Å²) in [5.74, 6) is 1.26. The Labute approximate surface area is 125 Å². The van der Waals surface area contributed by atoms with Crippen molar-refractivity contribution in [2.75, 3.05) is 7.11 Å². The molecule has 22 heavy (non-hydrogen) atoms. The Bertz CT molecular complexity index is 932. The summed E-state index contributed by atoms with van der Waals surface area (Å²) < 4.78 is 10.9. The average Bonchev–Trinajstić information content (AvgIpc) is 3.15. The van der Waals surface area contributed by atoms with Crippen molar-refractivity contribution in [2.24, 2.45) is 4.99 Å². The molecule has 0 spiro atoms. The summed E-state index contributed by atoms with van der Waals surface area (Å²) in [6, 6.07) is 5.68. The van der Waals surface area contributed by atoms with E-state index in [9.17, 15) is 4.79 Å². The fraction of sp³-hybridized carbons (Fsp3) is 0.250. The molecule has 4 rings (SSSR count). The van der Waals surface area contributed by atoms with E-state index in [0.717, 1.165) is 29.2 Å². The number of nitrogens with zero attached hydrogens (tertiary/aromatic N) is 1. The zero-order valence-corrected chi connectivity index (χ0v) is 12.1. The highest BCUT2D eigenvalue weighted by molar-refractivity contribution is 5.67. The summed E-state index contributed by atoms with van der Waals surface area (Å²) in [5, 5.41) is 7.18. The number of hydrogen-bond donors (Lipinski definition) is 2. The van der Waals surface area contributed by atoms with Crippen molar-refractivity contribution in [1.82, 2.24) is 10.2 Å². The molecule has 6 nitrogen and oxygen atoms in total. The highest BCUT2D eigenvalue weighted by atomic mass is 16.5. The van der Waals surface area contributed by atoms with Gasteiger partial charge in [-0.1, -0.05) is 0 Å². The maximum Gasteiger partial charge on any atom is 0.275 e. The van der Waals surface area contributed by atoms with Crippen LogP contribution in [0.15, 0.2) is 33.7 Å². The Hall–Kier alpha value is -2.76. The minimum Gasteiger partial charge on any atom is -0.497 e. The van der Waals surface area contributed by atoms with Gasteiger partial charge in [0.05, 0.1) is 18.2 Å². The molecular weight excluding hydrogens is 282 g/mol. The van der Waals surface area contributed by atoms with E-state index in [2.05, 4.69) is 15.2 Å². The molecule has 0 unspecified atom stereocenters. The van der Waals surface area contributed by atoms with Crippen LogP contribution in [0, 0.1) is 0 Å². The predicted octanol–water partition coefficient (Wildman–Crippen LogP) is 0.708. The van der Waals surface area contributed by atoms with Gasteiger partial charge in [0.2, 0.25) is 5.88 Å². The third kappa shape index (κ3) is 2.32. The minimum absolute atomic E-state index is 0.208. The van der Waals surface area contributed by atoms with E-state index >= 15 is 0 Å². The second-order valence-electron chi connectivity index (χ2n) is 5.39. The smallest absolute Gasteiger partial charge is 0.275 e.